The largest absolute Gasteiger partial charge is 0.337 e. The van der Waals surface area contributed by atoms with Crippen molar-refractivity contribution in [3.05, 3.63) is 77.6 Å². The Morgan fingerprint density at radius 3 is 2.71 bits per heavy atom. The van der Waals surface area contributed by atoms with Crippen LogP contribution in [-0.2, 0) is 6.42 Å². The lowest BCUT2D eigenvalue weighted by Gasteiger charge is -2.07. The lowest BCUT2D eigenvalue weighted by Crippen LogP contribution is -2.30. The zero-order chi connectivity index (χ0) is 16.8. The number of halogens is 1. The highest BCUT2D eigenvalue weighted by atomic mass is 35.5. The minimum absolute atomic E-state index is 0.264. The van der Waals surface area contributed by atoms with E-state index < -0.39 is 0 Å². The molecule has 2 amide bonds. The Morgan fingerprint density at radius 2 is 1.92 bits per heavy atom. The van der Waals surface area contributed by atoms with Crippen LogP contribution in [0.2, 0.25) is 5.02 Å². The summed E-state index contributed by atoms with van der Waals surface area (Å²) in [5, 5.41) is 10.6. The predicted octanol–water partition coefficient (Wildman–Crippen LogP) is 3.89. The summed E-state index contributed by atoms with van der Waals surface area (Å²) in [6.07, 6.45) is 2.57. The maximum Gasteiger partial charge on any atom is 0.319 e. The van der Waals surface area contributed by atoms with E-state index in [1.165, 1.54) is 0 Å². The van der Waals surface area contributed by atoms with Gasteiger partial charge in [-0.25, -0.2) is 9.48 Å². The molecule has 3 aromatic rings. The van der Waals surface area contributed by atoms with Crippen molar-refractivity contribution in [2.45, 2.75) is 6.42 Å². The first kappa shape index (κ1) is 16.1. The maximum atomic E-state index is 11.8. The first-order chi connectivity index (χ1) is 11.7. The number of nitrogens with one attached hydrogen (secondary N) is 2. The summed E-state index contributed by atoms with van der Waals surface area (Å²) >= 11 is 5.88. The van der Waals surface area contributed by atoms with Crippen LogP contribution >= 0.6 is 11.6 Å². The van der Waals surface area contributed by atoms with E-state index in [4.69, 9.17) is 11.6 Å². The predicted molar refractivity (Wildman–Crippen MR) is 95.7 cm³/mol. The molecule has 1 aromatic heterocycles. The number of nitrogens with zero attached hydrogens (tertiary/aromatic N) is 2. The van der Waals surface area contributed by atoms with Gasteiger partial charge in [0.2, 0.25) is 0 Å². The highest BCUT2D eigenvalue weighted by molar-refractivity contribution is 6.30. The molecule has 0 radical (unpaired) electrons. The molecule has 3 rings (SSSR count). The molecule has 0 fully saturated rings. The third kappa shape index (κ3) is 4.36. The summed E-state index contributed by atoms with van der Waals surface area (Å²) in [5.74, 6) is 0. The van der Waals surface area contributed by atoms with E-state index in [1.54, 1.807) is 24.3 Å². The van der Waals surface area contributed by atoms with Crippen LogP contribution in [0, 0.1) is 0 Å². The standard InChI is InChI=1S/C18H17ClN4O/c19-14-5-4-6-16(13-14)21-18(24)20-11-9-15-10-12-23(22-15)17-7-2-1-3-8-17/h1-8,10,12-13H,9,11H2,(H2,20,21,24). The SMILES string of the molecule is O=C(NCCc1ccn(-c2ccccc2)n1)Nc1cccc(Cl)c1. The first-order valence-corrected chi connectivity index (χ1v) is 7.99. The molecule has 24 heavy (non-hydrogen) atoms. The number of anilines is 1. The molecular formula is C18H17ClN4O. The van der Waals surface area contributed by atoms with Crippen LogP contribution in [0.5, 0.6) is 0 Å². The van der Waals surface area contributed by atoms with Gasteiger partial charge in [-0.05, 0) is 36.4 Å². The van der Waals surface area contributed by atoms with E-state index in [9.17, 15) is 4.79 Å². The third-order valence-corrected chi connectivity index (χ3v) is 3.65. The number of hydrogen-bond donors (Lipinski definition) is 2. The van der Waals surface area contributed by atoms with E-state index in [1.807, 2.05) is 47.3 Å². The van der Waals surface area contributed by atoms with Gasteiger partial charge in [-0.2, -0.15) is 5.10 Å². The molecule has 0 saturated heterocycles. The fourth-order valence-electron chi connectivity index (χ4n) is 2.27. The summed E-state index contributed by atoms with van der Waals surface area (Å²) < 4.78 is 1.82. The molecule has 0 aliphatic rings. The van der Waals surface area contributed by atoms with Gasteiger partial charge in [0.15, 0.2) is 0 Å². The average Bonchev–Trinajstić information content (AvgIpc) is 3.04. The van der Waals surface area contributed by atoms with E-state index in [-0.39, 0.29) is 6.03 Å². The monoisotopic (exact) mass is 340 g/mol. The highest BCUT2D eigenvalue weighted by Gasteiger charge is 2.04. The Morgan fingerprint density at radius 1 is 1.08 bits per heavy atom. The molecule has 0 aliphatic carbocycles. The summed E-state index contributed by atoms with van der Waals surface area (Å²) in [6.45, 7) is 0.498. The lowest BCUT2D eigenvalue weighted by molar-refractivity contribution is 0.252. The number of benzene rings is 2. The second-order valence-corrected chi connectivity index (χ2v) is 5.66. The Kier molecular flexibility index (Phi) is 5.13. The summed E-state index contributed by atoms with van der Waals surface area (Å²) in [4.78, 5) is 11.8. The number of carbonyl (C=O) groups excluding carboxylic acids is 1. The van der Waals surface area contributed by atoms with Crippen molar-refractivity contribution in [3.8, 4) is 5.69 Å². The molecule has 1 heterocycles. The molecule has 0 saturated carbocycles. The van der Waals surface area contributed by atoms with Crippen molar-refractivity contribution in [2.75, 3.05) is 11.9 Å². The van der Waals surface area contributed by atoms with Crippen LogP contribution in [0.3, 0.4) is 0 Å². The fraction of sp³-hybridized carbons (Fsp3) is 0.111. The molecule has 6 heteroatoms. The van der Waals surface area contributed by atoms with Gasteiger partial charge < -0.3 is 10.6 Å². The molecule has 2 aromatic carbocycles. The smallest absolute Gasteiger partial charge is 0.319 e. The summed E-state index contributed by atoms with van der Waals surface area (Å²) in [7, 11) is 0. The number of hydrogen-bond acceptors (Lipinski definition) is 2. The van der Waals surface area contributed by atoms with Gasteiger partial charge in [0, 0.05) is 29.9 Å². The minimum atomic E-state index is -0.264. The van der Waals surface area contributed by atoms with Gasteiger partial charge in [-0.1, -0.05) is 35.9 Å². The molecule has 122 valence electrons. The Bertz CT molecular complexity index is 817. The van der Waals surface area contributed by atoms with Crippen molar-refractivity contribution < 1.29 is 4.79 Å². The summed E-state index contributed by atoms with van der Waals surface area (Å²) in [6, 6.07) is 18.6. The fourth-order valence-corrected chi connectivity index (χ4v) is 2.46. The quantitative estimate of drug-likeness (QED) is 0.740. The zero-order valence-electron chi connectivity index (χ0n) is 12.9. The Hall–Kier alpha value is -2.79. The lowest BCUT2D eigenvalue weighted by atomic mass is 10.3. The Labute approximate surface area is 145 Å². The van der Waals surface area contributed by atoms with Gasteiger partial charge in [-0.15, -0.1) is 0 Å². The van der Waals surface area contributed by atoms with Gasteiger partial charge in [0.1, 0.15) is 0 Å². The molecule has 0 bridgehead atoms. The Balaban J connectivity index is 1.48. The van der Waals surface area contributed by atoms with Crippen LogP contribution in [0.25, 0.3) is 5.69 Å². The van der Waals surface area contributed by atoms with Crippen LogP contribution in [0.4, 0.5) is 10.5 Å². The van der Waals surface area contributed by atoms with Crippen molar-refractivity contribution in [1.29, 1.82) is 0 Å². The van der Waals surface area contributed by atoms with Gasteiger partial charge in [0.05, 0.1) is 11.4 Å². The van der Waals surface area contributed by atoms with Crippen molar-refractivity contribution in [2.24, 2.45) is 0 Å². The number of para-hydroxylation sites is 1. The van der Waals surface area contributed by atoms with E-state index in [0.29, 0.717) is 23.7 Å². The molecule has 0 aliphatic heterocycles. The van der Waals surface area contributed by atoms with Gasteiger partial charge in [0.25, 0.3) is 0 Å². The topological polar surface area (TPSA) is 59.0 Å². The molecule has 5 nitrogen and oxygen atoms in total. The van der Waals surface area contributed by atoms with E-state index >= 15 is 0 Å². The van der Waals surface area contributed by atoms with Crippen LogP contribution in [0.15, 0.2) is 66.9 Å². The molecule has 0 spiro atoms. The molecule has 0 atom stereocenters. The molecule has 0 unspecified atom stereocenters. The average molecular weight is 341 g/mol. The highest BCUT2D eigenvalue weighted by Crippen LogP contribution is 2.14. The number of urea groups is 1. The van der Waals surface area contributed by atoms with Crippen molar-refractivity contribution >= 4 is 23.3 Å². The van der Waals surface area contributed by atoms with Crippen molar-refractivity contribution in [1.82, 2.24) is 15.1 Å². The maximum absolute atomic E-state index is 11.8. The van der Waals surface area contributed by atoms with Crippen LogP contribution < -0.4 is 10.6 Å². The molecular weight excluding hydrogens is 324 g/mol. The summed E-state index contributed by atoms with van der Waals surface area (Å²) in [5.41, 5.74) is 2.59. The third-order valence-electron chi connectivity index (χ3n) is 3.41. The second-order valence-electron chi connectivity index (χ2n) is 5.23. The van der Waals surface area contributed by atoms with Crippen LogP contribution in [-0.4, -0.2) is 22.4 Å². The zero-order valence-corrected chi connectivity index (χ0v) is 13.7. The van der Waals surface area contributed by atoms with E-state index in [0.717, 1.165) is 11.4 Å². The van der Waals surface area contributed by atoms with Gasteiger partial charge in [-0.3, -0.25) is 0 Å². The van der Waals surface area contributed by atoms with Crippen molar-refractivity contribution in [3.63, 3.8) is 0 Å². The minimum Gasteiger partial charge on any atom is -0.337 e. The second kappa shape index (κ2) is 7.66. The first-order valence-electron chi connectivity index (χ1n) is 7.61. The number of carbonyl (C=O) groups is 1. The number of aromatic nitrogens is 2. The molecule has 2 N–H and O–H groups in total. The number of rotatable bonds is 5. The normalized spacial score (nSPS) is 10.4. The number of amides is 2. The van der Waals surface area contributed by atoms with Crippen LogP contribution in [0.1, 0.15) is 5.69 Å². The van der Waals surface area contributed by atoms with E-state index in [2.05, 4.69) is 15.7 Å². The van der Waals surface area contributed by atoms with Gasteiger partial charge >= 0.3 is 6.03 Å².